The second kappa shape index (κ2) is 13.1. The van der Waals surface area contributed by atoms with Crippen LogP contribution in [0.4, 0.5) is 0 Å². The fourth-order valence-electron chi connectivity index (χ4n) is 3.95. The molecule has 5 unspecified atom stereocenters. The Morgan fingerprint density at radius 3 is 2.21 bits per heavy atom. The summed E-state index contributed by atoms with van der Waals surface area (Å²) in [7, 11) is 0. The molecule has 0 bridgehead atoms. The Hall–Kier alpha value is -2.94. The normalized spacial score (nSPS) is 19.0. The number of amides is 3. The van der Waals surface area contributed by atoms with Gasteiger partial charge in [-0.2, -0.15) is 0 Å². The highest BCUT2D eigenvalue weighted by Crippen LogP contribution is 2.13. The van der Waals surface area contributed by atoms with Crippen LogP contribution in [-0.4, -0.2) is 59.5 Å². The summed E-state index contributed by atoms with van der Waals surface area (Å²) in [6, 6.07) is 5.96. The Morgan fingerprint density at radius 1 is 1.00 bits per heavy atom. The van der Waals surface area contributed by atoms with Gasteiger partial charge in [0.15, 0.2) is 0 Å². The first-order chi connectivity index (χ1) is 16.1. The van der Waals surface area contributed by atoms with E-state index in [9.17, 15) is 24.3 Å². The van der Waals surface area contributed by atoms with Crippen molar-refractivity contribution in [2.45, 2.75) is 77.5 Å². The number of carbonyl (C=O) groups is 4. The Bertz CT molecular complexity index is 839. The van der Waals surface area contributed by atoms with Crippen molar-refractivity contribution >= 4 is 23.7 Å². The van der Waals surface area contributed by atoms with Crippen LogP contribution in [0.2, 0.25) is 0 Å². The number of hydrogen-bond acceptors (Lipinski definition) is 5. The van der Waals surface area contributed by atoms with E-state index < -0.39 is 35.9 Å². The van der Waals surface area contributed by atoms with Gasteiger partial charge in [0, 0.05) is 6.42 Å². The molecule has 1 heterocycles. The molecule has 1 aromatic rings. The highest BCUT2D eigenvalue weighted by Gasteiger charge is 2.34. The van der Waals surface area contributed by atoms with Gasteiger partial charge in [-0.3, -0.25) is 14.4 Å². The van der Waals surface area contributed by atoms with Crippen molar-refractivity contribution in [2.75, 3.05) is 6.54 Å². The van der Waals surface area contributed by atoms with Gasteiger partial charge in [0.1, 0.15) is 18.1 Å². The number of hydrogen-bond donors (Lipinski definition) is 5. The van der Waals surface area contributed by atoms with Crippen LogP contribution in [-0.2, 0) is 25.6 Å². The Labute approximate surface area is 201 Å². The minimum Gasteiger partial charge on any atom is -0.480 e. The predicted molar refractivity (Wildman–Crippen MR) is 129 cm³/mol. The van der Waals surface area contributed by atoms with Crippen molar-refractivity contribution < 1.29 is 24.3 Å². The maximum atomic E-state index is 13.3. The summed E-state index contributed by atoms with van der Waals surface area (Å²) < 4.78 is 0. The summed E-state index contributed by atoms with van der Waals surface area (Å²) in [5.41, 5.74) is 0.818. The van der Waals surface area contributed by atoms with Gasteiger partial charge in [-0.25, -0.2) is 4.79 Å². The Balaban J connectivity index is 2.21. The van der Waals surface area contributed by atoms with Gasteiger partial charge >= 0.3 is 5.97 Å². The van der Waals surface area contributed by atoms with Crippen molar-refractivity contribution in [3.8, 4) is 0 Å². The minimum absolute atomic E-state index is 0.159. The minimum atomic E-state index is -1.14. The average molecular weight is 475 g/mol. The van der Waals surface area contributed by atoms with Gasteiger partial charge in [0.05, 0.1) is 6.04 Å². The van der Waals surface area contributed by atoms with E-state index in [-0.39, 0.29) is 30.2 Å². The molecule has 3 amide bonds. The summed E-state index contributed by atoms with van der Waals surface area (Å²) in [6.07, 6.45) is 2.46. The summed E-state index contributed by atoms with van der Waals surface area (Å²) >= 11 is 0. The number of nitrogens with one attached hydrogen (secondary N) is 4. The molecule has 0 aromatic heterocycles. The first-order valence-electron chi connectivity index (χ1n) is 12.0. The van der Waals surface area contributed by atoms with Crippen LogP contribution in [0.1, 0.15) is 52.5 Å². The van der Waals surface area contributed by atoms with Crippen molar-refractivity contribution in [2.24, 2.45) is 11.8 Å². The lowest BCUT2D eigenvalue weighted by Crippen LogP contribution is -2.59. The Morgan fingerprint density at radius 2 is 1.68 bits per heavy atom. The molecule has 188 valence electrons. The number of rotatable bonds is 12. The van der Waals surface area contributed by atoms with Gasteiger partial charge in [0.25, 0.3) is 0 Å². The van der Waals surface area contributed by atoms with Crippen molar-refractivity contribution in [3.05, 3.63) is 35.9 Å². The Kier molecular flexibility index (Phi) is 10.5. The molecule has 2 rings (SSSR count). The molecule has 5 N–H and O–H groups in total. The maximum absolute atomic E-state index is 13.3. The van der Waals surface area contributed by atoms with Gasteiger partial charge in [-0.05, 0) is 36.8 Å². The van der Waals surface area contributed by atoms with Gasteiger partial charge in [0.2, 0.25) is 17.7 Å². The molecular weight excluding hydrogens is 436 g/mol. The third kappa shape index (κ3) is 7.83. The third-order valence-corrected chi connectivity index (χ3v) is 6.32. The number of aliphatic carboxylic acids is 1. The molecule has 9 heteroatoms. The summed E-state index contributed by atoms with van der Waals surface area (Å²) in [5.74, 6) is -2.90. The largest absolute Gasteiger partial charge is 0.480 e. The van der Waals surface area contributed by atoms with E-state index >= 15 is 0 Å². The van der Waals surface area contributed by atoms with Crippen LogP contribution in [0, 0.1) is 11.8 Å². The molecule has 1 aliphatic rings. The quantitative estimate of drug-likeness (QED) is 0.309. The standard InChI is InChI=1S/C25H38N4O5/c1-5-16(4)21(29-22(30)18-12-9-13-26-18)24(32)27-19(14-17-10-7-6-8-11-17)23(31)28-20(15(2)3)25(33)34/h6-8,10-11,15-16,18-21,26H,5,9,12-14H2,1-4H3,(H,27,32)(H,28,31)(H,29,30)(H,33,34). The summed E-state index contributed by atoms with van der Waals surface area (Å²) in [5, 5.41) is 20.8. The number of carboxylic acid groups (broad SMARTS) is 1. The van der Waals surface area contributed by atoms with Crippen molar-refractivity contribution in [1.29, 1.82) is 0 Å². The van der Waals surface area contributed by atoms with Crippen LogP contribution in [0.3, 0.4) is 0 Å². The van der Waals surface area contributed by atoms with E-state index in [1.54, 1.807) is 13.8 Å². The summed E-state index contributed by atoms with van der Waals surface area (Å²) in [4.78, 5) is 50.7. The average Bonchev–Trinajstić information content (AvgIpc) is 3.35. The van der Waals surface area contributed by atoms with Crippen molar-refractivity contribution in [3.63, 3.8) is 0 Å². The smallest absolute Gasteiger partial charge is 0.326 e. The molecular formula is C25H38N4O5. The van der Waals surface area contributed by atoms with Gasteiger partial charge < -0.3 is 26.4 Å². The summed E-state index contributed by atoms with van der Waals surface area (Å²) in [6.45, 7) is 7.97. The number of carboxylic acids is 1. The fourth-order valence-corrected chi connectivity index (χ4v) is 3.95. The van der Waals surface area contributed by atoms with E-state index in [4.69, 9.17) is 0 Å². The third-order valence-electron chi connectivity index (χ3n) is 6.32. The van der Waals surface area contributed by atoms with Crippen LogP contribution in [0.25, 0.3) is 0 Å². The molecule has 1 saturated heterocycles. The molecule has 0 aliphatic carbocycles. The number of carbonyl (C=O) groups excluding carboxylic acids is 3. The molecule has 1 aliphatic heterocycles. The zero-order valence-electron chi connectivity index (χ0n) is 20.5. The second-order valence-electron chi connectivity index (χ2n) is 9.34. The zero-order valence-corrected chi connectivity index (χ0v) is 20.5. The topological polar surface area (TPSA) is 137 Å². The first kappa shape index (κ1) is 27.3. The predicted octanol–water partition coefficient (Wildman–Crippen LogP) is 1.22. The molecule has 0 spiro atoms. The lowest BCUT2D eigenvalue weighted by molar-refractivity contribution is -0.143. The molecule has 5 atom stereocenters. The van der Waals surface area contributed by atoms with Crippen LogP contribution >= 0.6 is 0 Å². The highest BCUT2D eigenvalue weighted by atomic mass is 16.4. The molecule has 9 nitrogen and oxygen atoms in total. The maximum Gasteiger partial charge on any atom is 0.326 e. The lowest BCUT2D eigenvalue weighted by Gasteiger charge is -2.28. The van der Waals surface area contributed by atoms with E-state index in [0.717, 1.165) is 18.5 Å². The van der Waals surface area contributed by atoms with Gasteiger partial charge in [-0.1, -0.05) is 64.4 Å². The van der Waals surface area contributed by atoms with Crippen LogP contribution < -0.4 is 21.3 Å². The number of benzene rings is 1. The molecule has 0 radical (unpaired) electrons. The van der Waals surface area contributed by atoms with E-state index in [0.29, 0.717) is 12.8 Å². The molecule has 34 heavy (non-hydrogen) atoms. The van der Waals surface area contributed by atoms with Crippen LogP contribution in [0.5, 0.6) is 0 Å². The molecule has 0 saturated carbocycles. The fraction of sp³-hybridized carbons (Fsp3) is 0.600. The highest BCUT2D eigenvalue weighted by molar-refractivity contribution is 5.94. The monoisotopic (exact) mass is 474 g/mol. The molecule has 1 aromatic carbocycles. The second-order valence-corrected chi connectivity index (χ2v) is 9.34. The SMILES string of the molecule is CCC(C)C(NC(=O)C1CCCN1)C(=O)NC(Cc1ccccc1)C(=O)NC(C(=O)O)C(C)C. The first-order valence-corrected chi connectivity index (χ1v) is 12.0. The van der Waals surface area contributed by atoms with Crippen LogP contribution in [0.15, 0.2) is 30.3 Å². The van der Waals surface area contributed by atoms with E-state index in [1.165, 1.54) is 0 Å². The van der Waals surface area contributed by atoms with Gasteiger partial charge in [-0.15, -0.1) is 0 Å². The molecule has 1 fully saturated rings. The van der Waals surface area contributed by atoms with E-state index in [1.807, 2.05) is 44.2 Å². The lowest BCUT2D eigenvalue weighted by atomic mass is 9.96. The zero-order chi connectivity index (χ0) is 25.3. The van der Waals surface area contributed by atoms with Crippen molar-refractivity contribution in [1.82, 2.24) is 21.3 Å². The van der Waals surface area contributed by atoms with E-state index in [2.05, 4.69) is 21.3 Å².